The molecular formula is C57H104O6Pt. The van der Waals surface area contributed by atoms with Crippen molar-refractivity contribution in [3.05, 3.63) is 36.5 Å². The van der Waals surface area contributed by atoms with E-state index in [1.807, 2.05) is 0 Å². The summed E-state index contributed by atoms with van der Waals surface area (Å²) in [4.78, 5) is 38.0. The molecule has 6 nitrogen and oxygen atoms in total. The predicted octanol–water partition coefficient (Wildman–Crippen LogP) is 18.1. The fourth-order valence-corrected chi connectivity index (χ4v) is 7.90. The smallest absolute Gasteiger partial charge is 0.306 e. The Bertz CT molecular complexity index is 1010. The molecule has 0 bridgehead atoms. The van der Waals surface area contributed by atoms with E-state index in [0.29, 0.717) is 19.3 Å². The van der Waals surface area contributed by atoms with Crippen molar-refractivity contribution in [3.8, 4) is 0 Å². The third-order valence-corrected chi connectivity index (χ3v) is 12.1. The molecule has 7 heteroatoms. The molecule has 0 spiro atoms. The van der Waals surface area contributed by atoms with Gasteiger partial charge >= 0.3 is 17.9 Å². The largest absolute Gasteiger partial charge is 0.462 e. The van der Waals surface area contributed by atoms with Gasteiger partial charge in [0.25, 0.3) is 0 Å². The third-order valence-electron chi connectivity index (χ3n) is 12.1. The molecule has 0 aliphatic carbocycles. The summed E-state index contributed by atoms with van der Waals surface area (Å²) in [6, 6.07) is 0. The van der Waals surface area contributed by atoms with Crippen molar-refractivity contribution in [1.29, 1.82) is 0 Å². The van der Waals surface area contributed by atoms with Crippen LogP contribution in [0.3, 0.4) is 0 Å². The Balaban J connectivity index is 0. The second-order valence-corrected chi connectivity index (χ2v) is 18.5. The van der Waals surface area contributed by atoms with E-state index < -0.39 is 6.10 Å². The van der Waals surface area contributed by atoms with E-state index in [4.69, 9.17) is 14.2 Å². The second kappa shape index (κ2) is 55.6. The number of allylic oxidation sites excluding steroid dienone is 6. The molecule has 0 saturated carbocycles. The monoisotopic (exact) mass is 1080 g/mol. The molecule has 0 aromatic carbocycles. The Morgan fingerprint density at radius 1 is 0.312 bits per heavy atom. The van der Waals surface area contributed by atoms with Crippen LogP contribution in [0.1, 0.15) is 290 Å². The average molecular weight is 1080 g/mol. The van der Waals surface area contributed by atoms with E-state index in [9.17, 15) is 14.4 Å². The predicted molar refractivity (Wildman–Crippen MR) is 270 cm³/mol. The molecule has 0 heterocycles. The van der Waals surface area contributed by atoms with E-state index in [2.05, 4.69) is 57.2 Å². The number of esters is 3. The van der Waals surface area contributed by atoms with Crippen molar-refractivity contribution in [2.24, 2.45) is 0 Å². The summed E-state index contributed by atoms with van der Waals surface area (Å²) < 4.78 is 16.8. The van der Waals surface area contributed by atoms with Gasteiger partial charge in [-0.2, -0.15) is 0 Å². The molecule has 0 aliphatic rings. The Labute approximate surface area is 411 Å². The number of carbonyl (C=O) groups excluding carboxylic acids is 3. The zero-order chi connectivity index (χ0) is 45.8. The van der Waals surface area contributed by atoms with Crippen LogP contribution in [-0.4, -0.2) is 37.2 Å². The van der Waals surface area contributed by atoms with Crippen LogP contribution in [0.5, 0.6) is 0 Å². The molecule has 0 amide bonds. The summed E-state index contributed by atoms with van der Waals surface area (Å²) in [5.74, 6) is -0.893. The van der Waals surface area contributed by atoms with Gasteiger partial charge in [-0.05, 0) is 96.3 Å². The van der Waals surface area contributed by atoms with Gasteiger partial charge in [0.1, 0.15) is 13.2 Å². The first-order valence-electron chi connectivity index (χ1n) is 27.5. The fraction of sp³-hybridized carbons (Fsp3) is 0.842. The van der Waals surface area contributed by atoms with Gasteiger partial charge in [0.15, 0.2) is 6.10 Å². The van der Waals surface area contributed by atoms with Gasteiger partial charge in [0.2, 0.25) is 0 Å². The van der Waals surface area contributed by atoms with E-state index >= 15 is 0 Å². The molecule has 64 heavy (non-hydrogen) atoms. The van der Waals surface area contributed by atoms with Crippen molar-refractivity contribution in [2.75, 3.05) is 13.2 Å². The molecule has 0 aliphatic heterocycles. The Kier molecular flexibility index (Phi) is 56.0. The minimum Gasteiger partial charge on any atom is -0.462 e. The van der Waals surface area contributed by atoms with Crippen molar-refractivity contribution in [3.63, 3.8) is 0 Å². The summed E-state index contributed by atoms with van der Waals surface area (Å²) in [5, 5.41) is 0. The van der Waals surface area contributed by atoms with Crippen LogP contribution in [0, 0.1) is 0 Å². The SMILES string of the molecule is CCCCCCCC/C=C\CCCCCCCC(=O)OCC(COC(=O)CCCCCCC/C=C\CCCCCCCC)OC(=O)CCCCCCC/C=C\CCCCCCCC.[Pt]. The molecule has 0 N–H and O–H groups in total. The number of carbonyl (C=O) groups is 3. The Morgan fingerprint density at radius 3 is 0.797 bits per heavy atom. The molecule has 378 valence electrons. The molecule has 0 fully saturated rings. The van der Waals surface area contributed by atoms with Gasteiger partial charge in [-0.3, -0.25) is 14.4 Å². The molecule has 0 aromatic heterocycles. The quantitative estimate of drug-likeness (QED) is 0.0261. The zero-order valence-electron chi connectivity index (χ0n) is 42.4. The van der Waals surface area contributed by atoms with Gasteiger partial charge in [-0.1, -0.05) is 211 Å². The van der Waals surface area contributed by atoms with Crippen LogP contribution < -0.4 is 0 Å². The number of hydrogen-bond donors (Lipinski definition) is 0. The van der Waals surface area contributed by atoms with Crippen LogP contribution in [0.2, 0.25) is 0 Å². The van der Waals surface area contributed by atoms with E-state index in [1.165, 1.54) is 173 Å². The summed E-state index contributed by atoms with van der Waals surface area (Å²) in [6.07, 6.45) is 61.2. The first kappa shape index (κ1) is 64.4. The van der Waals surface area contributed by atoms with Gasteiger partial charge in [-0.25, -0.2) is 0 Å². The zero-order valence-corrected chi connectivity index (χ0v) is 44.7. The van der Waals surface area contributed by atoms with Gasteiger partial charge in [0.05, 0.1) is 0 Å². The van der Waals surface area contributed by atoms with Crippen molar-refractivity contribution < 1.29 is 49.7 Å². The van der Waals surface area contributed by atoms with Crippen molar-refractivity contribution in [2.45, 2.75) is 297 Å². The second-order valence-electron chi connectivity index (χ2n) is 18.5. The number of unbranched alkanes of at least 4 members (excludes halogenated alkanes) is 33. The maximum atomic E-state index is 12.8. The van der Waals surface area contributed by atoms with E-state index in [0.717, 1.165) is 77.0 Å². The Hall–Kier alpha value is -1.68. The van der Waals surface area contributed by atoms with Gasteiger partial charge < -0.3 is 14.2 Å². The topological polar surface area (TPSA) is 78.9 Å². The fourth-order valence-electron chi connectivity index (χ4n) is 7.90. The minimum absolute atomic E-state index is 0. The number of ether oxygens (including phenoxy) is 3. The first-order chi connectivity index (χ1) is 31.0. The molecule has 0 aromatic rings. The van der Waals surface area contributed by atoms with E-state index in [1.54, 1.807) is 0 Å². The maximum Gasteiger partial charge on any atom is 0.306 e. The standard InChI is InChI=1S/C57H104O6.Pt/c1-4-7-10-13-16-19-22-25-28-31-34-37-40-43-46-49-55(58)61-52-54(63-57(60)51-48-45-42-39-36-33-30-27-24-21-18-15-12-9-6-3)53-62-56(59)50-47-44-41-38-35-32-29-26-23-20-17-14-11-8-5-2;/h25-30,54H,4-24,31-53H2,1-3H3;/b28-25-,29-26-,30-27-;. The summed E-state index contributed by atoms with van der Waals surface area (Å²) >= 11 is 0. The summed E-state index contributed by atoms with van der Waals surface area (Å²) in [5.41, 5.74) is 0. The molecule has 0 atom stereocenters. The number of hydrogen-bond acceptors (Lipinski definition) is 6. The molecule has 0 rings (SSSR count). The maximum absolute atomic E-state index is 12.8. The van der Waals surface area contributed by atoms with Crippen LogP contribution in [0.25, 0.3) is 0 Å². The molecular weight excluding hydrogens is 976 g/mol. The van der Waals surface area contributed by atoms with Crippen LogP contribution >= 0.6 is 0 Å². The van der Waals surface area contributed by atoms with Crippen molar-refractivity contribution >= 4 is 17.9 Å². The first-order valence-corrected chi connectivity index (χ1v) is 27.5. The normalized spacial score (nSPS) is 11.6. The molecule has 0 radical (unpaired) electrons. The average Bonchev–Trinajstić information content (AvgIpc) is 3.28. The van der Waals surface area contributed by atoms with Gasteiger partial charge in [0, 0.05) is 40.3 Å². The minimum atomic E-state index is -0.781. The Morgan fingerprint density at radius 2 is 0.531 bits per heavy atom. The van der Waals surface area contributed by atoms with Crippen LogP contribution in [-0.2, 0) is 49.7 Å². The van der Waals surface area contributed by atoms with Gasteiger partial charge in [-0.15, -0.1) is 0 Å². The number of rotatable bonds is 50. The van der Waals surface area contributed by atoms with E-state index in [-0.39, 0.29) is 52.2 Å². The molecule has 0 saturated heterocycles. The molecule has 0 unspecified atom stereocenters. The van der Waals surface area contributed by atoms with Crippen molar-refractivity contribution in [1.82, 2.24) is 0 Å². The summed E-state index contributed by atoms with van der Waals surface area (Å²) in [6.45, 7) is 6.63. The van der Waals surface area contributed by atoms with Crippen LogP contribution in [0.4, 0.5) is 0 Å². The van der Waals surface area contributed by atoms with Crippen LogP contribution in [0.15, 0.2) is 36.5 Å². The summed E-state index contributed by atoms with van der Waals surface area (Å²) in [7, 11) is 0. The third kappa shape index (κ3) is 52.9.